The summed E-state index contributed by atoms with van der Waals surface area (Å²) in [4.78, 5) is 24.5. The molecule has 3 heterocycles. The number of benzene rings is 2. The molecule has 2 aromatic carbocycles. The summed E-state index contributed by atoms with van der Waals surface area (Å²) in [5, 5.41) is 11.1. The smallest absolute Gasteiger partial charge is 0.260 e. The van der Waals surface area contributed by atoms with Gasteiger partial charge in [0.05, 0.1) is 28.3 Å². The molecule has 0 fully saturated rings. The summed E-state index contributed by atoms with van der Waals surface area (Å²) in [5.41, 5.74) is 10.5. The maximum absolute atomic E-state index is 12.7. The Kier molecular flexibility index (Phi) is 3.34. The van der Waals surface area contributed by atoms with Crippen molar-refractivity contribution >= 4 is 38.8 Å². The van der Waals surface area contributed by atoms with Crippen LogP contribution in [0.4, 0.5) is 5.69 Å². The Morgan fingerprint density at radius 1 is 1.19 bits per heavy atom. The summed E-state index contributed by atoms with van der Waals surface area (Å²) in [7, 11) is 0. The minimum atomic E-state index is -0.256. The van der Waals surface area contributed by atoms with Gasteiger partial charge in [-0.1, -0.05) is 12.1 Å². The van der Waals surface area contributed by atoms with Crippen molar-refractivity contribution in [2.45, 2.75) is 6.92 Å². The molecule has 0 saturated heterocycles. The number of hydrogen-bond donors (Lipinski definition) is 3. The van der Waals surface area contributed by atoms with Crippen molar-refractivity contribution in [2.24, 2.45) is 0 Å². The highest BCUT2D eigenvalue weighted by Crippen LogP contribution is 2.39. The number of fused-ring (bicyclic) bond motifs is 2. The fraction of sp³-hybridized carbons (Fsp3) is 0.0526. The van der Waals surface area contributed by atoms with E-state index in [9.17, 15) is 4.79 Å². The number of anilines is 1. The van der Waals surface area contributed by atoms with Crippen molar-refractivity contribution < 1.29 is 0 Å². The van der Waals surface area contributed by atoms with Gasteiger partial charge in [-0.15, -0.1) is 11.3 Å². The van der Waals surface area contributed by atoms with Crippen molar-refractivity contribution in [3.8, 4) is 21.7 Å². The van der Waals surface area contributed by atoms with Crippen LogP contribution in [0.15, 0.2) is 46.8 Å². The molecular formula is C19H14N6OS. The zero-order chi connectivity index (χ0) is 18.5. The van der Waals surface area contributed by atoms with Gasteiger partial charge in [0, 0.05) is 28.1 Å². The summed E-state index contributed by atoms with van der Waals surface area (Å²) >= 11 is 1.49. The van der Waals surface area contributed by atoms with Gasteiger partial charge < -0.3 is 10.7 Å². The van der Waals surface area contributed by atoms with Gasteiger partial charge >= 0.3 is 0 Å². The molecule has 0 amide bonds. The number of aromatic amines is 2. The molecule has 7 nitrogen and oxygen atoms in total. The Morgan fingerprint density at radius 2 is 2.07 bits per heavy atom. The van der Waals surface area contributed by atoms with E-state index in [-0.39, 0.29) is 5.56 Å². The van der Waals surface area contributed by atoms with Gasteiger partial charge in [-0.3, -0.25) is 9.89 Å². The lowest BCUT2D eigenvalue weighted by atomic mass is 9.95. The molecule has 0 spiro atoms. The van der Waals surface area contributed by atoms with Gasteiger partial charge in [0.25, 0.3) is 5.56 Å². The number of aryl methyl sites for hydroxylation is 1. The Labute approximate surface area is 156 Å². The number of hydrogen-bond acceptors (Lipinski definition) is 6. The maximum atomic E-state index is 12.7. The van der Waals surface area contributed by atoms with Gasteiger partial charge in [0.15, 0.2) is 0 Å². The highest BCUT2D eigenvalue weighted by molar-refractivity contribution is 7.13. The molecule has 27 heavy (non-hydrogen) atoms. The van der Waals surface area contributed by atoms with Crippen molar-refractivity contribution in [3.05, 3.63) is 58.2 Å². The fourth-order valence-electron chi connectivity index (χ4n) is 3.40. The predicted molar refractivity (Wildman–Crippen MR) is 108 cm³/mol. The van der Waals surface area contributed by atoms with Crippen LogP contribution in [0.1, 0.15) is 5.82 Å². The Hall–Kier alpha value is -3.52. The van der Waals surface area contributed by atoms with Crippen LogP contribution in [0.3, 0.4) is 0 Å². The normalized spacial score (nSPS) is 11.4. The second-order valence-corrected chi connectivity index (χ2v) is 7.13. The van der Waals surface area contributed by atoms with E-state index in [0.29, 0.717) is 22.4 Å². The number of aromatic nitrogens is 5. The average molecular weight is 374 g/mol. The summed E-state index contributed by atoms with van der Waals surface area (Å²) in [5.74, 6) is 0.536. The minimum absolute atomic E-state index is 0.256. The minimum Gasteiger partial charge on any atom is -0.398 e. The first kappa shape index (κ1) is 15.7. The van der Waals surface area contributed by atoms with E-state index in [2.05, 4.69) is 25.1 Å². The molecule has 5 aromatic rings. The monoisotopic (exact) mass is 374 g/mol. The van der Waals surface area contributed by atoms with Crippen LogP contribution in [-0.2, 0) is 0 Å². The lowest BCUT2D eigenvalue weighted by Gasteiger charge is -2.13. The quantitative estimate of drug-likeness (QED) is 0.409. The molecule has 0 aliphatic carbocycles. The third-order valence-corrected chi connectivity index (χ3v) is 5.39. The molecule has 0 aliphatic heterocycles. The van der Waals surface area contributed by atoms with E-state index in [4.69, 9.17) is 5.73 Å². The van der Waals surface area contributed by atoms with E-state index in [1.165, 1.54) is 11.3 Å². The average Bonchev–Trinajstić information content (AvgIpc) is 3.33. The molecule has 3 aromatic heterocycles. The van der Waals surface area contributed by atoms with Crippen LogP contribution in [0.25, 0.3) is 43.5 Å². The van der Waals surface area contributed by atoms with E-state index >= 15 is 0 Å². The second kappa shape index (κ2) is 5.75. The van der Waals surface area contributed by atoms with Crippen molar-refractivity contribution in [1.82, 2.24) is 25.1 Å². The van der Waals surface area contributed by atoms with E-state index in [0.717, 1.165) is 32.6 Å². The molecule has 8 heteroatoms. The Morgan fingerprint density at radius 3 is 2.89 bits per heavy atom. The first-order chi connectivity index (χ1) is 13.1. The molecule has 0 bridgehead atoms. The van der Waals surface area contributed by atoms with Crippen LogP contribution < -0.4 is 11.3 Å². The molecule has 0 atom stereocenters. The van der Waals surface area contributed by atoms with Crippen molar-refractivity contribution in [2.75, 3.05) is 5.73 Å². The topological polar surface area (TPSA) is 113 Å². The fourth-order valence-corrected chi connectivity index (χ4v) is 4.06. The third kappa shape index (κ3) is 2.34. The van der Waals surface area contributed by atoms with Crippen LogP contribution in [0, 0.1) is 6.92 Å². The Bertz CT molecular complexity index is 1370. The number of nitrogen functional groups attached to an aromatic ring is 1. The molecular weight excluding hydrogens is 360 g/mol. The number of H-pyrrole nitrogens is 2. The predicted octanol–water partition coefficient (Wildman–Crippen LogP) is 3.48. The second-order valence-electron chi connectivity index (χ2n) is 6.23. The van der Waals surface area contributed by atoms with E-state index in [1.54, 1.807) is 19.3 Å². The lowest BCUT2D eigenvalue weighted by molar-refractivity contribution is 1.06. The third-order valence-electron chi connectivity index (χ3n) is 4.58. The zero-order valence-corrected chi connectivity index (χ0v) is 15.1. The maximum Gasteiger partial charge on any atom is 0.260 e. The molecule has 0 unspecified atom stereocenters. The summed E-state index contributed by atoms with van der Waals surface area (Å²) in [6.45, 7) is 1.75. The van der Waals surface area contributed by atoms with Gasteiger partial charge in [0.2, 0.25) is 0 Å². The molecule has 0 saturated carbocycles. The lowest BCUT2D eigenvalue weighted by Crippen LogP contribution is -2.13. The number of nitrogens with zero attached hydrogens (tertiary/aromatic N) is 3. The molecule has 0 aliphatic rings. The van der Waals surface area contributed by atoms with Crippen LogP contribution in [0.2, 0.25) is 0 Å². The number of rotatable bonds is 2. The van der Waals surface area contributed by atoms with E-state index < -0.39 is 0 Å². The number of nitrogens with one attached hydrogen (secondary N) is 2. The summed E-state index contributed by atoms with van der Waals surface area (Å²) in [6, 6.07) is 7.81. The van der Waals surface area contributed by atoms with Gasteiger partial charge in [-0.05, 0) is 24.6 Å². The molecule has 132 valence electrons. The molecule has 0 radical (unpaired) electrons. The molecule has 5 rings (SSSR count). The standard InChI is InChI=1S/C19H14N6OS/c1-9-23-17-12(19-21-5-6-27-19)7-11(16(20)15(17)18(26)24-9)10-3-2-4-14-13(10)8-22-25-14/h2-8H,20H2,1H3,(H,22,25)(H,23,24,26). The van der Waals surface area contributed by atoms with Gasteiger partial charge in [-0.2, -0.15) is 5.10 Å². The Balaban J connectivity index is 1.96. The number of thiazole rings is 1. The summed E-state index contributed by atoms with van der Waals surface area (Å²) in [6.07, 6.45) is 3.49. The molecule has 4 N–H and O–H groups in total. The van der Waals surface area contributed by atoms with Gasteiger partial charge in [0.1, 0.15) is 10.8 Å². The first-order valence-corrected chi connectivity index (χ1v) is 9.17. The van der Waals surface area contributed by atoms with Crippen molar-refractivity contribution in [3.63, 3.8) is 0 Å². The SMILES string of the molecule is Cc1nc2c(-c3nccs3)cc(-c3cccc4[nH]ncc34)c(N)c2c(=O)[nH]1. The largest absolute Gasteiger partial charge is 0.398 e. The summed E-state index contributed by atoms with van der Waals surface area (Å²) < 4.78 is 0. The van der Waals surface area contributed by atoms with Crippen molar-refractivity contribution in [1.29, 1.82) is 0 Å². The number of nitrogens with two attached hydrogens (primary N) is 1. The first-order valence-electron chi connectivity index (χ1n) is 8.29. The van der Waals surface area contributed by atoms with Gasteiger partial charge in [-0.25, -0.2) is 9.97 Å². The van der Waals surface area contributed by atoms with Crippen LogP contribution >= 0.6 is 11.3 Å². The zero-order valence-electron chi connectivity index (χ0n) is 14.3. The highest BCUT2D eigenvalue weighted by Gasteiger charge is 2.19. The van der Waals surface area contributed by atoms with Crippen LogP contribution in [0.5, 0.6) is 0 Å². The highest BCUT2D eigenvalue weighted by atomic mass is 32.1. The van der Waals surface area contributed by atoms with E-state index in [1.807, 2.05) is 29.6 Å². The van der Waals surface area contributed by atoms with Crippen LogP contribution in [-0.4, -0.2) is 25.1 Å².